The van der Waals surface area contributed by atoms with Crippen molar-refractivity contribution in [1.29, 1.82) is 0 Å². The quantitative estimate of drug-likeness (QED) is 0.791. The number of aryl methyl sites for hydroxylation is 1. The van der Waals surface area contributed by atoms with Gasteiger partial charge in [-0.15, -0.1) is 0 Å². The zero-order valence-electron chi connectivity index (χ0n) is 16.7. The summed E-state index contributed by atoms with van der Waals surface area (Å²) in [6, 6.07) is 19.1. The fourth-order valence-electron chi connectivity index (χ4n) is 4.08. The summed E-state index contributed by atoms with van der Waals surface area (Å²) in [4.78, 5) is 15.3. The van der Waals surface area contributed by atoms with Crippen molar-refractivity contribution in [3.8, 4) is 0 Å². The topological polar surface area (TPSA) is 32.3 Å². The first kappa shape index (κ1) is 19.6. The van der Waals surface area contributed by atoms with Gasteiger partial charge in [-0.05, 0) is 48.4 Å². The molecule has 0 saturated carbocycles. The lowest BCUT2D eigenvalue weighted by Gasteiger charge is -2.37. The maximum absolute atomic E-state index is 12.9. The molecule has 1 N–H and O–H groups in total. The van der Waals surface area contributed by atoms with Crippen molar-refractivity contribution in [2.24, 2.45) is 5.92 Å². The lowest BCUT2D eigenvalue weighted by molar-refractivity contribution is -0.127. The third-order valence-corrected chi connectivity index (χ3v) is 5.61. The smallest absolute Gasteiger partial charge is 0.224 e. The Morgan fingerprint density at radius 3 is 2.41 bits per heavy atom. The predicted molar refractivity (Wildman–Crippen MR) is 112 cm³/mol. The van der Waals surface area contributed by atoms with Gasteiger partial charge >= 0.3 is 0 Å². The average Bonchev–Trinajstić information content (AvgIpc) is 2.73. The zero-order chi connectivity index (χ0) is 19.1. The van der Waals surface area contributed by atoms with Crippen LogP contribution >= 0.6 is 0 Å². The molecule has 1 aliphatic rings. The van der Waals surface area contributed by atoms with Crippen LogP contribution in [0.15, 0.2) is 54.6 Å². The van der Waals surface area contributed by atoms with Crippen LogP contribution in [0.4, 0.5) is 0 Å². The van der Waals surface area contributed by atoms with Gasteiger partial charge in [0.05, 0.1) is 5.92 Å². The molecule has 1 saturated heterocycles. The van der Waals surface area contributed by atoms with E-state index in [-0.39, 0.29) is 11.8 Å². The van der Waals surface area contributed by atoms with Gasteiger partial charge in [-0.1, -0.05) is 68.4 Å². The second-order valence-corrected chi connectivity index (χ2v) is 7.69. The average molecular weight is 365 g/mol. The van der Waals surface area contributed by atoms with Crippen LogP contribution in [-0.4, -0.2) is 30.4 Å². The number of benzene rings is 2. The van der Waals surface area contributed by atoms with E-state index in [2.05, 4.69) is 60.5 Å². The van der Waals surface area contributed by atoms with E-state index in [4.69, 9.17) is 0 Å². The molecule has 2 atom stereocenters. The van der Waals surface area contributed by atoms with E-state index in [1.807, 2.05) is 18.2 Å². The Morgan fingerprint density at radius 1 is 1.00 bits per heavy atom. The van der Waals surface area contributed by atoms with E-state index in [9.17, 15) is 4.79 Å². The van der Waals surface area contributed by atoms with Crippen molar-refractivity contribution in [1.82, 2.24) is 10.2 Å². The summed E-state index contributed by atoms with van der Waals surface area (Å²) in [5.74, 6) is 0.684. The molecule has 2 aromatic rings. The van der Waals surface area contributed by atoms with Crippen molar-refractivity contribution < 1.29 is 4.79 Å². The van der Waals surface area contributed by atoms with Crippen molar-refractivity contribution >= 4 is 5.91 Å². The SMILES string of the molecule is CCCN1CC(C(=O)NCc2ccccc2)CC(c2ccc(CC)cc2)C1. The molecule has 1 amide bonds. The number of hydrogen-bond donors (Lipinski definition) is 1. The summed E-state index contributed by atoms with van der Waals surface area (Å²) in [6.07, 6.45) is 3.13. The molecule has 0 aliphatic carbocycles. The number of nitrogens with zero attached hydrogens (tertiary/aromatic N) is 1. The minimum Gasteiger partial charge on any atom is -0.352 e. The van der Waals surface area contributed by atoms with Crippen LogP contribution in [-0.2, 0) is 17.8 Å². The fraction of sp³-hybridized carbons (Fsp3) is 0.458. The maximum atomic E-state index is 12.9. The first-order valence-corrected chi connectivity index (χ1v) is 10.3. The Bertz CT molecular complexity index is 711. The Kier molecular flexibility index (Phi) is 7.05. The Hall–Kier alpha value is -2.13. The highest BCUT2D eigenvalue weighted by Crippen LogP contribution is 2.31. The normalized spacial score (nSPS) is 20.4. The molecule has 144 valence electrons. The zero-order valence-corrected chi connectivity index (χ0v) is 16.7. The van der Waals surface area contributed by atoms with E-state index in [1.165, 1.54) is 11.1 Å². The van der Waals surface area contributed by atoms with E-state index in [0.717, 1.165) is 44.5 Å². The van der Waals surface area contributed by atoms with Crippen molar-refractivity contribution in [3.05, 3.63) is 71.3 Å². The molecule has 1 fully saturated rings. The van der Waals surface area contributed by atoms with Crippen LogP contribution in [0, 0.1) is 5.92 Å². The molecule has 0 spiro atoms. The molecule has 2 aromatic carbocycles. The third kappa shape index (κ3) is 5.43. The van der Waals surface area contributed by atoms with E-state index >= 15 is 0 Å². The van der Waals surface area contributed by atoms with Crippen molar-refractivity contribution in [2.45, 2.75) is 45.6 Å². The number of likely N-dealkylation sites (tertiary alicyclic amines) is 1. The molecule has 3 heteroatoms. The second-order valence-electron chi connectivity index (χ2n) is 7.69. The first-order chi connectivity index (χ1) is 13.2. The molecule has 2 unspecified atom stereocenters. The van der Waals surface area contributed by atoms with E-state index < -0.39 is 0 Å². The summed E-state index contributed by atoms with van der Waals surface area (Å²) in [7, 11) is 0. The molecule has 3 nitrogen and oxygen atoms in total. The van der Waals surface area contributed by atoms with Crippen LogP contribution in [0.5, 0.6) is 0 Å². The number of carbonyl (C=O) groups is 1. The fourth-order valence-corrected chi connectivity index (χ4v) is 4.08. The van der Waals surface area contributed by atoms with Gasteiger partial charge in [0.2, 0.25) is 5.91 Å². The monoisotopic (exact) mass is 364 g/mol. The largest absolute Gasteiger partial charge is 0.352 e. The van der Waals surface area contributed by atoms with Crippen LogP contribution in [0.25, 0.3) is 0 Å². The standard InChI is InChI=1S/C24H32N2O/c1-3-14-26-17-22(21-12-10-19(4-2)11-13-21)15-23(18-26)24(27)25-16-20-8-6-5-7-9-20/h5-13,22-23H,3-4,14-18H2,1-2H3,(H,25,27). The maximum Gasteiger partial charge on any atom is 0.224 e. The van der Waals surface area contributed by atoms with Crippen molar-refractivity contribution in [3.63, 3.8) is 0 Å². The van der Waals surface area contributed by atoms with Crippen molar-refractivity contribution in [2.75, 3.05) is 19.6 Å². The highest BCUT2D eigenvalue weighted by atomic mass is 16.1. The minimum absolute atomic E-state index is 0.0601. The van der Waals surface area contributed by atoms with Gasteiger partial charge in [0.25, 0.3) is 0 Å². The third-order valence-electron chi connectivity index (χ3n) is 5.61. The summed E-state index contributed by atoms with van der Waals surface area (Å²) in [6.45, 7) is 8.00. The molecule has 3 rings (SSSR count). The minimum atomic E-state index is 0.0601. The molecule has 0 bridgehead atoms. The summed E-state index contributed by atoms with van der Waals surface area (Å²) >= 11 is 0. The van der Waals surface area contributed by atoms with Gasteiger partial charge in [0.1, 0.15) is 0 Å². The van der Waals surface area contributed by atoms with Gasteiger partial charge < -0.3 is 10.2 Å². The summed E-state index contributed by atoms with van der Waals surface area (Å²) < 4.78 is 0. The number of piperidine rings is 1. The molecular weight excluding hydrogens is 332 g/mol. The van der Waals surface area contributed by atoms with E-state index in [0.29, 0.717) is 12.5 Å². The second kappa shape index (κ2) is 9.70. The highest BCUT2D eigenvalue weighted by molar-refractivity contribution is 5.79. The number of nitrogens with one attached hydrogen (secondary N) is 1. The van der Waals surface area contributed by atoms with Gasteiger partial charge in [-0.2, -0.15) is 0 Å². The van der Waals surface area contributed by atoms with Crippen LogP contribution in [0.1, 0.15) is 49.3 Å². The Morgan fingerprint density at radius 2 is 1.74 bits per heavy atom. The Balaban J connectivity index is 1.66. The Labute approximate surface area is 163 Å². The molecular formula is C24H32N2O. The van der Waals surface area contributed by atoms with Gasteiger partial charge in [0.15, 0.2) is 0 Å². The number of hydrogen-bond acceptors (Lipinski definition) is 2. The molecule has 0 aromatic heterocycles. The molecule has 0 radical (unpaired) electrons. The summed E-state index contributed by atoms with van der Waals surface area (Å²) in [5.41, 5.74) is 3.89. The van der Waals surface area contributed by atoms with Gasteiger partial charge in [-0.3, -0.25) is 4.79 Å². The summed E-state index contributed by atoms with van der Waals surface area (Å²) in [5, 5.41) is 3.16. The lowest BCUT2D eigenvalue weighted by atomic mass is 9.83. The van der Waals surface area contributed by atoms with Crippen LogP contribution < -0.4 is 5.32 Å². The highest BCUT2D eigenvalue weighted by Gasteiger charge is 2.31. The lowest BCUT2D eigenvalue weighted by Crippen LogP contribution is -2.45. The number of amides is 1. The molecule has 1 heterocycles. The van der Waals surface area contributed by atoms with Crippen LogP contribution in [0.3, 0.4) is 0 Å². The first-order valence-electron chi connectivity index (χ1n) is 10.3. The van der Waals surface area contributed by atoms with Crippen LogP contribution in [0.2, 0.25) is 0 Å². The van der Waals surface area contributed by atoms with Gasteiger partial charge in [-0.25, -0.2) is 0 Å². The van der Waals surface area contributed by atoms with Gasteiger partial charge in [0, 0.05) is 19.6 Å². The molecule has 1 aliphatic heterocycles. The number of rotatable bonds is 7. The molecule has 27 heavy (non-hydrogen) atoms. The number of carbonyl (C=O) groups excluding carboxylic acids is 1. The van der Waals surface area contributed by atoms with E-state index in [1.54, 1.807) is 0 Å². The predicted octanol–water partition coefficient (Wildman–Crippen LogP) is 4.38.